The number of carbonyl (C=O) groups excluding carboxylic acids is 1. The zero-order valence-corrected chi connectivity index (χ0v) is 15.7. The second kappa shape index (κ2) is 8.47. The molecule has 0 spiro atoms. The van der Waals surface area contributed by atoms with Crippen LogP contribution in [0.3, 0.4) is 0 Å². The molecular weight excluding hydrogens is 363 g/mol. The van der Waals surface area contributed by atoms with Crippen LogP contribution in [0, 0.1) is 5.82 Å². The first-order valence-electron chi connectivity index (χ1n) is 8.50. The third-order valence-electron chi connectivity index (χ3n) is 4.03. The van der Waals surface area contributed by atoms with Crippen LogP contribution in [0.4, 0.5) is 4.39 Å². The lowest BCUT2D eigenvalue weighted by Gasteiger charge is -2.11. The minimum absolute atomic E-state index is 0.349. The topological polar surface area (TPSA) is 70.5 Å². The SMILES string of the molecule is COc1ccc(Cc2cc(-c3ccc(F)cc3OC)ncn2)cc1OC(C)=O. The number of ether oxygens (including phenoxy) is 3. The molecule has 0 atom stereocenters. The molecule has 0 aliphatic rings. The summed E-state index contributed by atoms with van der Waals surface area (Å²) in [5, 5.41) is 0. The molecule has 0 aliphatic carbocycles. The summed E-state index contributed by atoms with van der Waals surface area (Å²) in [4.78, 5) is 19.9. The molecule has 28 heavy (non-hydrogen) atoms. The number of rotatable bonds is 6. The van der Waals surface area contributed by atoms with Crippen LogP contribution in [0.5, 0.6) is 17.2 Å². The Balaban J connectivity index is 1.91. The van der Waals surface area contributed by atoms with E-state index < -0.39 is 5.97 Å². The number of methoxy groups -OCH3 is 2. The van der Waals surface area contributed by atoms with Crippen LogP contribution in [0.25, 0.3) is 11.3 Å². The van der Waals surface area contributed by atoms with Crippen LogP contribution >= 0.6 is 0 Å². The van der Waals surface area contributed by atoms with Gasteiger partial charge in [-0.15, -0.1) is 0 Å². The number of esters is 1. The highest BCUT2D eigenvalue weighted by Crippen LogP contribution is 2.31. The van der Waals surface area contributed by atoms with Crippen molar-refractivity contribution in [2.45, 2.75) is 13.3 Å². The van der Waals surface area contributed by atoms with Gasteiger partial charge in [0.2, 0.25) is 0 Å². The van der Waals surface area contributed by atoms with Crippen molar-refractivity contribution in [3.8, 4) is 28.5 Å². The third kappa shape index (κ3) is 4.43. The van der Waals surface area contributed by atoms with E-state index in [1.807, 2.05) is 12.1 Å². The molecule has 7 heteroatoms. The lowest BCUT2D eigenvalue weighted by molar-refractivity contribution is -0.132. The summed E-state index contributed by atoms with van der Waals surface area (Å²) >= 11 is 0. The molecule has 3 aromatic rings. The molecule has 0 radical (unpaired) electrons. The van der Waals surface area contributed by atoms with Gasteiger partial charge in [0.1, 0.15) is 17.9 Å². The normalized spacial score (nSPS) is 10.4. The Bertz CT molecular complexity index is 1010. The molecule has 3 rings (SSSR count). The summed E-state index contributed by atoms with van der Waals surface area (Å²) in [5.74, 6) is 0.404. The van der Waals surface area contributed by atoms with E-state index in [-0.39, 0.29) is 5.82 Å². The molecule has 6 nitrogen and oxygen atoms in total. The van der Waals surface area contributed by atoms with Gasteiger partial charge in [0, 0.05) is 30.7 Å². The lowest BCUT2D eigenvalue weighted by atomic mass is 10.1. The van der Waals surface area contributed by atoms with Gasteiger partial charge in [-0.2, -0.15) is 0 Å². The minimum Gasteiger partial charge on any atom is -0.496 e. The van der Waals surface area contributed by atoms with E-state index >= 15 is 0 Å². The van der Waals surface area contributed by atoms with Crippen LogP contribution in [-0.2, 0) is 11.2 Å². The summed E-state index contributed by atoms with van der Waals surface area (Å²) in [6, 6.07) is 11.4. The summed E-state index contributed by atoms with van der Waals surface area (Å²) in [6.45, 7) is 1.33. The van der Waals surface area contributed by atoms with Crippen molar-refractivity contribution < 1.29 is 23.4 Å². The van der Waals surface area contributed by atoms with Crippen molar-refractivity contribution in [1.82, 2.24) is 9.97 Å². The fourth-order valence-corrected chi connectivity index (χ4v) is 2.79. The molecule has 0 fully saturated rings. The first kappa shape index (κ1) is 19.3. The van der Waals surface area contributed by atoms with Gasteiger partial charge in [-0.25, -0.2) is 14.4 Å². The molecule has 0 amide bonds. The number of hydrogen-bond acceptors (Lipinski definition) is 6. The number of benzene rings is 2. The average Bonchev–Trinajstić information content (AvgIpc) is 2.68. The Morgan fingerprint density at radius 3 is 2.46 bits per heavy atom. The molecular formula is C21H19FN2O4. The molecule has 0 aliphatic heterocycles. The van der Waals surface area contributed by atoms with Gasteiger partial charge in [-0.1, -0.05) is 6.07 Å². The summed E-state index contributed by atoms with van der Waals surface area (Å²) < 4.78 is 29.1. The standard InChI is InChI=1S/C21H19FN2O4/c1-13(25)28-21-9-14(4-7-19(21)26-2)8-16-11-18(24-12-23-16)17-6-5-15(22)10-20(17)27-3/h4-7,9-12H,8H2,1-3H3. The van der Waals surface area contributed by atoms with E-state index in [4.69, 9.17) is 14.2 Å². The molecule has 1 heterocycles. The molecule has 0 N–H and O–H groups in total. The second-order valence-electron chi connectivity index (χ2n) is 5.99. The second-order valence-corrected chi connectivity index (χ2v) is 5.99. The number of carbonyl (C=O) groups is 1. The van der Waals surface area contributed by atoms with Crippen LogP contribution in [-0.4, -0.2) is 30.2 Å². The largest absolute Gasteiger partial charge is 0.496 e. The fraction of sp³-hybridized carbons (Fsp3) is 0.190. The maximum Gasteiger partial charge on any atom is 0.308 e. The van der Waals surface area contributed by atoms with Gasteiger partial charge >= 0.3 is 5.97 Å². The summed E-state index contributed by atoms with van der Waals surface area (Å²) in [5.41, 5.74) is 2.92. The van der Waals surface area contributed by atoms with Gasteiger partial charge in [0.05, 0.1) is 19.9 Å². The molecule has 0 saturated heterocycles. The predicted molar refractivity (Wildman–Crippen MR) is 101 cm³/mol. The van der Waals surface area contributed by atoms with Crippen LogP contribution in [0.2, 0.25) is 0 Å². The van der Waals surface area contributed by atoms with Gasteiger partial charge < -0.3 is 14.2 Å². The Morgan fingerprint density at radius 1 is 0.964 bits per heavy atom. The van der Waals surface area contributed by atoms with Crippen molar-refractivity contribution in [2.24, 2.45) is 0 Å². The molecule has 2 aromatic carbocycles. The fourth-order valence-electron chi connectivity index (χ4n) is 2.79. The van der Waals surface area contributed by atoms with E-state index in [1.54, 1.807) is 18.2 Å². The molecule has 0 bridgehead atoms. The Hall–Kier alpha value is -3.48. The highest BCUT2D eigenvalue weighted by Gasteiger charge is 2.12. The highest BCUT2D eigenvalue weighted by molar-refractivity contribution is 5.70. The molecule has 144 valence electrons. The van der Waals surface area contributed by atoms with Crippen molar-refractivity contribution in [3.63, 3.8) is 0 Å². The van der Waals surface area contributed by atoms with Crippen LogP contribution in [0.15, 0.2) is 48.8 Å². The third-order valence-corrected chi connectivity index (χ3v) is 4.03. The molecule has 1 aromatic heterocycles. The zero-order chi connectivity index (χ0) is 20.1. The van der Waals surface area contributed by atoms with Crippen molar-refractivity contribution in [1.29, 1.82) is 0 Å². The number of halogens is 1. The van der Waals surface area contributed by atoms with Gasteiger partial charge in [-0.3, -0.25) is 4.79 Å². The summed E-state index contributed by atoms with van der Waals surface area (Å²) in [7, 11) is 2.99. The first-order valence-corrected chi connectivity index (χ1v) is 8.50. The highest BCUT2D eigenvalue weighted by atomic mass is 19.1. The van der Waals surface area contributed by atoms with Gasteiger partial charge in [-0.05, 0) is 35.9 Å². The van der Waals surface area contributed by atoms with E-state index in [1.165, 1.54) is 39.6 Å². The quantitative estimate of drug-likeness (QED) is 0.477. The Kier molecular flexibility index (Phi) is 5.84. The monoisotopic (exact) mass is 382 g/mol. The Morgan fingerprint density at radius 2 is 1.75 bits per heavy atom. The smallest absolute Gasteiger partial charge is 0.308 e. The van der Waals surface area contributed by atoms with Crippen molar-refractivity contribution in [2.75, 3.05) is 14.2 Å². The van der Waals surface area contributed by atoms with E-state index in [0.717, 1.165) is 11.3 Å². The maximum absolute atomic E-state index is 13.4. The molecule has 0 unspecified atom stereocenters. The van der Waals surface area contributed by atoms with Crippen molar-refractivity contribution >= 4 is 5.97 Å². The number of nitrogens with zero attached hydrogens (tertiary/aromatic N) is 2. The number of hydrogen-bond donors (Lipinski definition) is 0. The van der Waals surface area contributed by atoms with E-state index in [0.29, 0.717) is 34.9 Å². The first-order chi connectivity index (χ1) is 13.5. The van der Waals surface area contributed by atoms with Crippen LogP contribution < -0.4 is 14.2 Å². The Labute approximate surface area is 161 Å². The maximum atomic E-state index is 13.4. The molecule has 0 saturated carbocycles. The number of aromatic nitrogens is 2. The summed E-state index contributed by atoms with van der Waals surface area (Å²) in [6.07, 6.45) is 1.93. The lowest BCUT2D eigenvalue weighted by Crippen LogP contribution is -2.04. The van der Waals surface area contributed by atoms with Crippen LogP contribution in [0.1, 0.15) is 18.2 Å². The van der Waals surface area contributed by atoms with Gasteiger partial charge in [0.25, 0.3) is 0 Å². The minimum atomic E-state index is -0.428. The van der Waals surface area contributed by atoms with Gasteiger partial charge in [0.15, 0.2) is 11.5 Å². The zero-order valence-electron chi connectivity index (χ0n) is 15.7. The average molecular weight is 382 g/mol. The van der Waals surface area contributed by atoms with E-state index in [9.17, 15) is 9.18 Å². The van der Waals surface area contributed by atoms with Crippen molar-refractivity contribution in [3.05, 3.63) is 65.9 Å². The van der Waals surface area contributed by atoms with E-state index in [2.05, 4.69) is 9.97 Å². The predicted octanol–water partition coefficient (Wildman–Crippen LogP) is 3.82.